The fourth-order valence-corrected chi connectivity index (χ4v) is 1.93. The van der Waals surface area contributed by atoms with Crippen molar-refractivity contribution in [1.29, 1.82) is 0 Å². The number of hydrogen-bond acceptors (Lipinski definition) is 5. The summed E-state index contributed by atoms with van der Waals surface area (Å²) < 4.78 is 5.48. The number of rotatable bonds is 3. The predicted molar refractivity (Wildman–Crippen MR) is 50.6 cm³/mol. The highest BCUT2D eigenvalue weighted by molar-refractivity contribution is 4.93. The van der Waals surface area contributed by atoms with Crippen molar-refractivity contribution >= 4 is 0 Å². The van der Waals surface area contributed by atoms with Crippen molar-refractivity contribution in [1.82, 2.24) is 0 Å². The van der Waals surface area contributed by atoms with Gasteiger partial charge in [0, 0.05) is 5.92 Å². The standard InChI is InChI=1S/C9H19NO4/c1-2-6-5(3-11)9(13)8(10)7(4-12)14-6/h5-9,11-13H,2-4,10H2,1H3/t5-,6+,7-,8+,9+/m1/s1. The van der Waals surface area contributed by atoms with E-state index in [0.29, 0.717) is 6.42 Å². The summed E-state index contributed by atoms with van der Waals surface area (Å²) in [6.45, 7) is 1.56. The zero-order valence-corrected chi connectivity index (χ0v) is 8.34. The molecule has 1 fully saturated rings. The minimum atomic E-state index is -0.809. The van der Waals surface area contributed by atoms with Gasteiger partial charge in [0.05, 0.1) is 37.6 Å². The largest absolute Gasteiger partial charge is 0.396 e. The summed E-state index contributed by atoms with van der Waals surface area (Å²) in [5, 5.41) is 27.8. The van der Waals surface area contributed by atoms with E-state index < -0.39 is 18.2 Å². The Bertz CT molecular complexity index is 176. The molecule has 1 aliphatic heterocycles. The van der Waals surface area contributed by atoms with E-state index in [-0.39, 0.29) is 25.2 Å². The lowest BCUT2D eigenvalue weighted by Crippen LogP contribution is -2.60. The fourth-order valence-electron chi connectivity index (χ4n) is 1.93. The van der Waals surface area contributed by atoms with Crippen LogP contribution in [0.2, 0.25) is 0 Å². The Morgan fingerprint density at radius 1 is 1.21 bits per heavy atom. The van der Waals surface area contributed by atoms with Crippen molar-refractivity contribution < 1.29 is 20.1 Å². The summed E-state index contributed by atoms with van der Waals surface area (Å²) in [4.78, 5) is 0. The molecular formula is C9H19NO4. The SMILES string of the molecule is CC[C@@H]1O[C@H](CO)[C@H](N)[C@@H](O)[C@@H]1CO. The molecule has 0 bridgehead atoms. The molecule has 1 saturated heterocycles. The molecule has 5 atom stereocenters. The Balaban J connectivity index is 2.71. The molecule has 0 unspecified atom stereocenters. The number of aliphatic hydroxyl groups excluding tert-OH is 3. The maximum atomic E-state index is 9.76. The molecule has 1 heterocycles. The maximum Gasteiger partial charge on any atom is 0.0985 e. The molecule has 0 amide bonds. The van der Waals surface area contributed by atoms with Crippen molar-refractivity contribution in [2.75, 3.05) is 13.2 Å². The lowest BCUT2D eigenvalue weighted by atomic mass is 9.85. The van der Waals surface area contributed by atoms with Crippen LogP contribution < -0.4 is 5.73 Å². The van der Waals surface area contributed by atoms with Crippen LogP contribution in [-0.2, 0) is 4.74 Å². The normalized spacial score (nSPS) is 43.9. The van der Waals surface area contributed by atoms with Crippen LogP contribution in [0.5, 0.6) is 0 Å². The highest BCUT2D eigenvalue weighted by Crippen LogP contribution is 2.26. The van der Waals surface area contributed by atoms with Gasteiger partial charge >= 0.3 is 0 Å². The first-order valence-electron chi connectivity index (χ1n) is 4.96. The molecule has 1 aliphatic rings. The van der Waals surface area contributed by atoms with Gasteiger partial charge in [-0.25, -0.2) is 0 Å². The van der Waals surface area contributed by atoms with E-state index >= 15 is 0 Å². The summed E-state index contributed by atoms with van der Waals surface area (Å²) >= 11 is 0. The average Bonchev–Trinajstić information content (AvgIpc) is 2.21. The number of aliphatic hydroxyl groups is 3. The molecule has 0 saturated carbocycles. The molecule has 5 nitrogen and oxygen atoms in total. The Kier molecular flexibility index (Phi) is 4.28. The van der Waals surface area contributed by atoms with E-state index in [1.807, 2.05) is 6.92 Å². The molecule has 84 valence electrons. The Morgan fingerprint density at radius 2 is 1.86 bits per heavy atom. The lowest BCUT2D eigenvalue weighted by Gasteiger charge is -2.42. The van der Waals surface area contributed by atoms with E-state index in [1.54, 1.807) is 0 Å². The monoisotopic (exact) mass is 205 g/mol. The molecule has 0 aromatic carbocycles. The molecule has 5 heteroatoms. The molecule has 0 aromatic heterocycles. The molecular weight excluding hydrogens is 186 g/mol. The van der Waals surface area contributed by atoms with Gasteiger partial charge in [0.2, 0.25) is 0 Å². The Morgan fingerprint density at radius 3 is 2.29 bits per heavy atom. The van der Waals surface area contributed by atoms with Gasteiger partial charge in [-0.05, 0) is 6.42 Å². The number of ether oxygens (including phenoxy) is 1. The van der Waals surface area contributed by atoms with Crippen LogP contribution in [0.4, 0.5) is 0 Å². The average molecular weight is 205 g/mol. The molecule has 1 rings (SSSR count). The molecule has 0 aliphatic carbocycles. The first-order valence-corrected chi connectivity index (χ1v) is 4.96. The van der Waals surface area contributed by atoms with Crippen LogP contribution in [-0.4, -0.2) is 52.9 Å². The van der Waals surface area contributed by atoms with E-state index in [2.05, 4.69) is 0 Å². The summed E-state index contributed by atoms with van der Waals surface area (Å²) in [6, 6.07) is -0.625. The molecule has 0 aromatic rings. The second-order valence-electron chi connectivity index (χ2n) is 3.72. The number of hydrogen-bond donors (Lipinski definition) is 4. The van der Waals surface area contributed by atoms with Crippen molar-refractivity contribution in [3.8, 4) is 0 Å². The highest BCUT2D eigenvalue weighted by Gasteiger charge is 2.41. The van der Waals surface area contributed by atoms with Crippen LogP contribution in [0.3, 0.4) is 0 Å². The summed E-state index contributed by atoms with van der Waals surface area (Å²) in [6.07, 6.45) is -0.883. The smallest absolute Gasteiger partial charge is 0.0985 e. The van der Waals surface area contributed by atoms with Crippen LogP contribution in [0.25, 0.3) is 0 Å². The van der Waals surface area contributed by atoms with Gasteiger partial charge in [0.15, 0.2) is 0 Å². The van der Waals surface area contributed by atoms with Gasteiger partial charge in [-0.3, -0.25) is 0 Å². The van der Waals surface area contributed by atoms with Gasteiger partial charge in [0.1, 0.15) is 0 Å². The molecule has 14 heavy (non-hydrogen) atoms. The van der Waals surface area contributed by atoms with E-state index in [9.17, 15) is 5.11 Å². The van der Waals surface area contributed by atoms with Crippen LogP contribution in [0, 0.1) is 5.92 Å². The number of nitrogens with two attached hydrogens (primary N) is 1. The third-order valence-corrected chi connectivity index (χ3v) is 2.88. The summed E-state index contributed by atoms with van der Waals surface area (Å²) in [7, 11) is 0. The van der Waals surface area contributed by atoms with Crippen molar-refractivity contribution in [2.24, 2.45) is 11.7 Å². The first-order chi connectivity index (χ1) is 6.65. The maximum absolute atomic E-state index is 9.76. The third-order valence-electron chi connectivity index (χ3n) is 2.88. The minimum absolute atomic E-state index is 0.147. The van der Waals surface area contributed by atoms with Gasteiger partial charge in [-0.15, -0.1) is 0 Å². The summed E-state index contributed by atoms with van der Waals surface area (Å²) in [5.74, 6) is -0.349. The Labute approximate surface area is 83.5 Å². The van der Waals surface area contributed by atoms with E-state index in [0.717, 1.165) is 0 Å². The molecule has 5 N–H and O–H groups in total. The van der Waals surface area contributed by atoms with Gasteiger partial charge in [-0.1, -0.05) is 6.92 Å². The van der Waals surface area contributed by atoms with Crippen molar-refractivity contribution in [2.45, 2.75) is 37.7 Å². The van der Waals surface area contributed by atoms with Crippen LogP contribution >= 0.6 is 0 Å². The second kappa shape index (κ2) is 5.04. The third kappa shape index (κ3) is 2.07. The topological polar surface area (TPSA) is 95.9 Å². The lowest BCUT2D eigenvalue weighted by molar-refractivity contribution is -0.168. The molecule has 0 spiro atoms. The summed E-state index contributed by atoms with van der Waals surface area (Å²) in [5.41, 5.74) is 5.67. The van der Waals surface area contributed by atoms with Gasteiger partial charge in [-0.2, -0.15) is 0 Å². The first kappa shape index (κ1) is 11.9. The highest BCUT2D eigenvalue weighted by atomic mass is 16.5. The minimum Gasteiger partial charge on any atom is -0.396 e. The van der Waals surface area contributed by atoms with Gasteiger partial charge < -0.3 is 25.8 Å². The predicted octanol–water partition coefficient (Wildman–Crippen LogP) is -1.55. The zero-order chi connectivity index (χ0) is 10.7. The van der Waals surface area contributed by atoms with Crippen LogP contribution in [0.1, 0.15) is 13.3 Å². The van der Waals surface area contributed by atoms with Crippen molar-refractivity contribution in [3.63, 3.8) is 0 Å². The second-order valence-corrected chi connectivity index (χ2v) is 3.72. The zero-order valence-electron chi connectivity index (χ0n) is 8.34. The Hall–Kier alpha value is -0.200. The van der Waals surface area contributed by atoms with Crippen molar-refractivity contribution in [3.05, 3.63) is 0 Å². The fraction of sp³-hybridized carbons (Fsp3) is 1.00. The van der Waals surface area contributed by atoms with E-state index in [4.69, 9.17) is 20.7 Å². The quantitative estimate of drug-likeness (QED) is 0.447. The van der Waals surface area contributed by atoms with E-state index in [1.165, 1.54) is 0 Å². The van der Waals surface area contributed by atoms with Gasteiger partial charge in [0.25, 0.3) is 0 Å². The van der Waals surface area contributed by atoms with Crippen LogP contribution in [0.15, 0.2) is 0 Å². The molecule has 0 radical (unpaired) electrons.